The summed E-state index contributed by atoms with van der Waals surface area (Å²) in [4.78, 5) is 6.09. The van der Waals surface area contributed by atoms with Gasteiger partial charge in [0, 0.05) is 31.0 Å². The van der Waals surface area contributed by atoms with Gasteiger partial charge >= 0.3 is 0 Å². The Hall–Kier alpha value is -0.450. The summed E-state index contributed by atoms with van der Waals surface area (Å²) >= 11 is 1.81. The molecule has 0 aliphatic carbocycles. The highest BCUT2D eigenvalue weighted by Gasteiger charge is 2.19. The molecule has 0 aromatic carbocycles. The van der Waals surface area contributed by atoms with E-state index in [4.69, 9.17) is 9.72 Å². The van der Waals surface area contributed by atoms with Gasteiger partial charge in [0.15, 0.2) is 0 Å². The van der Waals surface area contributed by atoms with Crippen LogP contribution in [0.5, 0.6) is 0 Å². The maximum Gasteiger partial charge on any atom is 0.122 e. The molecule has 2 heterocycles. The molecule has 1 unspecified atom stereocenters. The Kier molecular flexibility index (Phi) is 3.72. The minimum atomic E-state index is 0.200. The summed E-state index contributed by atoms with van der Waals surface area (Å²) < 4.78 is 5.68. The summed E-state index contributed by atoms with van der Waals surface area (Å²) in [7, 11) is 0. The van der Waals surface area contributed by atoms with E-state index < -0.39 is 0 Å². The molecule has 4 heteroatoms. The Bertz CT molecular complexity index is 301. The normalized spacial score (nSPS) is 17.5. The number of ether oxygens (including phenoxy) is 1. The summed E-state index contributed by atoms with van der Waals surface area (Å²) in [5.74, 6) is 0. The van der Waals surface area contributed by atoms with Crippen molar-refractivity contribution in [2.24, 2.45) is 0 Å². The standard InChI is InChI=1S/C11H18N2OS/c1-3-9(14-4-2)11-13-8-5-6-12-7-10(8)15-11/h9,12H,3-7H2,1-2H3. The zero-order chi connectivity index (χ0) is 10.7. The highest BCUT2D eigenvalue weighted by molar-refractivity contribution is 7.11. The largest absolute Gasteiger partial charge is 0.371 e. The average Bonchev–Trinajstić information content (AvgIpc) is 2.69. The molecule has 1 aromatic heterocycles. The summed E-state index contributed by atoms with van der Waals surface area (Å²) in [5.41, 5.74) is 1.28. The molecule has 1 aliphatic heterocycles. The van der Waals surface area contributed by atoms with E-state index in [1.165, 1.54) is 10.6 Å². The predicted octanol–water partition coefficient (Wildman–Crippen LogP) is 2.28. The van der Waals surface area contributed by atoms with Crippen molar-refractivity contribution in [3.8, 4) is 0 Å². The number of nitrogens with zero attached hydrogens (tertiary/aromatic N) is 1. The fraction of sp³-hybridized carbons (Fsp3) is 0.727. The molecule has 3 nitrogen and oxygen atoms in total. The van der Waals surface area contributed by atoms with Crippen LogP contribution < -0.4 is 5.32 Å². The molecular formula is C11H18N2OS. The van der Waals surface area contributed by atoms with Crippen LogP contribution >= 0.6 is 11.3 Å². The van der Waals surface area contributed by atoms with Crippen LogP contribution in [0.15, 0.2) is 0 Å². The first kappa shape index (κ1) is 11.0. The molecule has 84 valence electrons. The summed E-state index contributed by atoms with van der Waals surface area (Å²) in [6.07, 6.45) is 2.27. The van der Waals surface area contributed by atoms with Crippen LogP contribution in [0.1, 0.15) is 42.0 Å². The van der Waals surface area contributed by atoms with Gasteiger partial charge in [0.2, 0.25) is 0 Å². The van der Waals surface area contributed by atoms with Crippen LogP contribution in [0, 0.1) is 0 Å². The second-order valence-electron chi connectivity index (χ2n) is 3.70. The van der Waals surface area contributed by atoms with Crippen molar-refractivity contribution in [3.63, 3.8) is 0 Å². The monoisotopic (exact) mass is 226 g/mol. The first-order chi connectivity index (χ1) is 7.35. The van der Waals surface area contributed by atoms with Crippen LogP contribution in [0.2, 0.25) is 0 Å². The van der Waals surface area contributed by atoms with Gasteiger partial charge in [0.1, 0.15) is 11.1 Å². The lowest BCUT2D eigenvalue weighted by molar-refractivity contribution is 0.0595. The lowest BCUT2D eigenvalue weighted by atomic mass is 10.2. The maximum absolute atomic E-state index is 5.68. The second-order valence-corrected chi connectivity index (χ2v) is 4.82. The van der Waals surface area contributed by atoms with E-state index in [1.807, 2.05) is 18.3 Å². The van der Waals surface area contributed by atoms with E-state index in [9.17, 15) is 0 Å². The molecule has 0 spiro atoms. The fourth-order valence-corrected chi connectivity index (χ4v) is 3.06. The third kappa shape index (κ3) is 2.38. The highest BCUT2D eigenvalue weighted by atomic mass is 32.1. The minimum Gasteiger partial charge on any atom is -0.371 e. The molecule has 0 amide bonds. The third-order valence-electron chi connectivity index (χ3n) is 2.63. The maximum atomic E-state index is 5.68. The molecule has 0 fully saturated rings. The zero-order valence-electron chi connectivity index (χ0n) is 9.38. The third-order valence-corrected chi connectivity index (χ3v) is 3.82. The van der Waals surface area contributed by atoms with Crippen molar-refractivity contribution in [2.75, 3.05) is 13.2 Å². The van der Waals surface area contributed by atoms with Crippen LogP contribution in [0.3, 0.4) is 0 Å². The van der Waals surface area contributed by atoms with Gasteiger partial charge in [0.25, 0.3) is 0 Å². The molecule has 1 N–H and O–H groups in total. The van der Waals surface area contributed by atoms with Gasteiger partial charge in [-0.1, -0.05) is 6.92 Å². The number of thiazole rings is 1. The number of rotatable bonds is 4. The molecule has 1 aromatic rings. The van der Waals surface area contributed by atoms with Gasteiger partial charge in [-0.15, -0.1) is 11.3 Å². The van der Waals surface area contributed by atoms with E-state index in [-0.39, 0.29) is 6.10 Å². The predicted molar refractivity (Wildman–Crippen MR) is 62.2 cm³/mol. The van der Waals surface area contributed by atoms with Crippen LogP contribution in [0.25, 0.3) is 0 Å². The van der Waals surface area contributed by atoms with Crippen molar-refractivity contribution in [3.05, 3.63) is 15.6 Å². The highest BCUT2D eigenvalue weighted by Crippen LogP contribution is 2.29. The lowest BCUT2D eigenvalue weighted by Crippen LogP contribution is -2.22. The topological polar surface area (TPSA) is 34.1 Å². The second kappa shape index (κ2) is 5.05. The lowest BCUT2D eigenvalue weighted by Gasteiger charge is -2.11. The van der Waals surface area contributed by atoms with E-state index in [0.29, 0.717) is 0 Å². The van der Waals surface area contributed by atoms with Gasteiger partial charge in [-0.2, -0.15) is 0 Å². The summed E-state index contributed by atoms with van der Waals surface area (Å²) in [5, 5.41) is 4.53. The molecule has 0 saturated carbocycles. The summed E-state index contributed by atoms with van der Waals surface area (Å²) in [6, 6.07) is 0. The van der Waals surface area contributed by atoms with Crippen LogP contribution in [-0.2, 0) is 17.7 Å². The zero-order valence-corrected chi connectivity index (χ0v) is 10.2. The molecule has 0 saturated heterocycles. The molecule has 0 radical (unpaired) electrons. The molecule has 0 bridgehead atoms. The van der Waals surface area contributed by atoms with Crippen molar-refractivity contribution >= 4 is 11.3 Å². The Morgan fingerprint density at radius 3 is 3.07 bits per heavy atom. The first-order valence-corrected chi connectivity index (χ1v) is 6.47. The van der Waals surface area contributed by atoms with E-state index in [1.54, 1.807) is 0 Å². The molecule has 15 heavy (non-hydrogen) atoms. The molecular weight excluding hydrogens is 208 g/mol. The SMILES string of the molecule is CCOC(CC)c1nc2c(s1)CNCC2. The van der Waals surface area contributed by atoms with E-state index in [0.717, 1.165) is 37.5 Å². The number of fused-ring (bicyclic) bond motifs is 1. The van der Waals surface area contributed by atoms with E-state index in [2.05, 4.69) is 12.2 Å². The quantitative estimate of drug-likeness (QED) is 0.855. The van der Waals surface area contributed by atoms with Crippen molar-refractivity contribution in [1.29, 1.82) is 0 Å². The number of aromatic nitrogens is 1. The van der Waals surface area contributed by atoms with Crippen LogP contribution in [-0.4, -0.2) is 18.1 Å². The Balaban J connectivity index is 2.16. The van der Waals surface area contributed by atoms with Gasteiger partial charge in [-0.25, -0.2) is 4.98 Å². The number of hydrogen-bond acceptors (Lipinski definition) is 4. The molecule has 1 aliphatic rings. The minimum absolute atomic E-state index is 0.200. The first-order valence-electron chi connectivity index (χ1n) is 5.66. The number of hydrogen-bond donors (Lipinski definition) is 1. The van der Waals surface area contributed by atoms with Crippen molar-refractivity contribution in [2.45, 2.75) is 39.3 Å². The Morgan fingerprint density at radius 2 is 2.40 bits per heavy atom. The van der Waals surface area contributed by atoms with Gasteiger partial charge in [-0.05, 0) is 13.3 Å². The Labute approximate surface area is 94.9 Å². The van der Waals surface area contributed by atoms with Gasteiger partial charge in [-0.3, -0.25) is 0 Å². The molecule has 2 rings (SSSR count). The van der Waals surface area contributed by atoms with Crippen LogP contribution in [0.4, 0.5) is 0 Å². The van der Waals surface area contributed by atoms with Gasteiger partial charge < -0.3 is 10.1 Å². The fourth-order valence-electron chi connectivity index (χ4n) is 1.85. The van der Waals surface area contributed by atoms with Crippen molar-refractivity contribution < 1.29 is 4.74 Å². The summed E-state index contributed by atoms with van der Waals surface area (Å²) in [6.45, 7) is 6.99. The van der Waals surface area contributed by atoms with Crippen molar-refractivity contribution in [1.82, 2.24) is 10.3 Å². The smallest absolute Gasteiger partial charge is 0.122 e. The number of nitrogens with one attached hydrogen (secondary N) is 1. The molecule has 1 atom stereocenters. The van der Waals surface area contributed by atoms with E-state index >= 15 is 0 Å². The van der Waals surface area contributed by atoms with Gasteiger partial charge in [0.05, 0.1) is 5.69 Å². The average molecular weight is 226 g/mol. The Morgan fingerprint density at radius 1 is 1.53 bits per heavy atom.